The number of hydrogen-bond donors (Lipinski definition) is 1. The van der Waals surface area contributed by atoms with Crippen LogP contribution in [0.15, 0.2) is 18.5 Å². The maximum Gasteiger partial charge on any atom is 0.107 e. The quantitative estimate of drug-likeness (QED) is 0.736. The first-order valence-electron chi connectivity index (χ1n) is 3.72. The predicted octanol–water partition coefficient (Wildman–Crippen LogP) is 1.07. The average Bonchev–Trinajstić information content (AvgIpc) is 2.05. The van der Waals surface area contributed by atoms with Gasteiger partial charge in [0, 0.05) is 19.8 Å². The van der Waals surface area contributed by atoms with Crippen LogP contribution in [-0.4, -0.2) is 25.3 Å². The number of nitrogen functional groups attached to an aromatic ring is 1. The molecule has 12 heavy (non-hydrogen) atoms. The van der Waals surface area contributed by atoms with Gasteiger partial charge in [0.25, 0.3) is 0 Å². The lowest BCUT2D eigenvalue weighted by Gasteiger charge is -2.18. The van der Waals surface area contributed by atoms with Crippen LogP contribution < -0.4 is 10.6 Å². The number of aromatic nitrogens is 1. The maximum absolute atomic E-state index is 12.0. The molecular formula is C8H12FN3. The summed E-state index contributed by atoms with van der Waals surface area (Å²) >= 11 is 0. The van der Waals surface area contributed by atoms with Crippen LogP contribution in [0.25, 0.3) is 0 Å². The molecule has 1 rings (SSSR count). The highest BCUT2D eigenvalue weighted by molar-refractivity contribution is 5.65. The molecule has 0 fully saturated rings. The molecule has 1 aromatic rings. The Bertz CT molecular complexity index is 252. The van der Waals surface area contributed by atoms with Gasteiger partial charge in [0.2, 0.25) is 0 Å². The lowest BCUT2D eigenvalue weighted by molar-refractivity contribution is 0.497. The first kappa shape index (κ1) is 8.77. The molecule has 0 aliphatic carbocycles. The molecule has 0 saturated carbocycles. The van der Waals surface area contributed by atoms with Crippen molar-refractivity contribution in [3.63, 3.8) is 0 Å². The van der Waals surface area contributed by atoms with E-state index in [2.05, 4.69) is 4.98 Å². The van der Waals surface area contributed by atoms with Crippen LogP contribution in [0.5, 0.6) is 0 Å². The van der Waals surface area contributed by atoms with Crippen molar-refractivity contribution in [2.75, 3.05) is 30.9 Å². The highest BCUT2D eigenvalue weighted by atomic mass is 19.1. The molecule has 1 heterocycles. The van der Waals surface area contributed by atoms with Gasteiger partial charge in [0.05, 0.1) is 17.6 Å². The summed E-state index contributed by atoms with van der Waals surface area (Å²) in [5.41, 5.74) is 7.02. The summed E-state index contributed by atoms with van der Waals surface area (Å²) < 4.78 is 12.0. The number of rotatable bonds is 3. The molecule has 66 valence electrons. The number of nitrogens with zero attached hydrogens (tertiary/aromatic N) is 2. The lowest BCUT2D eigenvalue weighted by Crippen LogP contribution is -2.20. The van der Waals surface area contributed by atoms with Gasteiger partial charge < -0.3 is 10.6 Å². The summed E-state index contributed by atoms with van der Waals surface area (Å²) in [6, 6.07) is 1.77. The van der Waals surface area contributed by atoms with Crippen molar-refractivity contribution in [3.8, 4) is 0 Å². The minimum Gasteiger partial charge on any atom is -0.396 e. The first-order chi connectivity index (χ1) is 5.75. The molecule has 0 spiro atoms. The Morgan fingerprint density at radius 2 is 2.42 bits per heavy atom. The van der Waals surface area contributed by atoms with E-state index in [1.165, 1.54) is 0 Å². The smallest absolute Gasteiger partial charge is 0.107 e. The minimum atomic E-state index is -0.377. The van der Waals surface area contributed by atoms with Crippen molar-refractivity contribution >= 4 is 11.4 Å². The van der Waals surface area contributed by atoms with Crippen molar-refractivity contribution in [2.24, 2.45) is 0 Å². The second-order valence-corrected chi connectivity index (χ2v) is 2.55. The Kier molecular flexibility index (Phi) is 2.85. The summed E-state index contributed by atoms with van der Waals surface area (Å²) in [5.74, 6) is 0. The zero-order chi connectivity index (χ0) is 8.97. The van der Waals surface area contributed by atoms with E-state index in [0.717, 1.165) is 5.69 Å². The molecule has 0 atom stereocenters. The molecule has 0 bridgehead atoms. The van der Waals surface area contributed by atoms with E-state index < -0.39 is 0 Å². The monoisotopic (exact) mass is 169 g/mol. The zero-order valence-electron chi connectivity index (χ0n) is 7.00. The molecule has 1 aromatic heterocycles. The Morgan fingerprint density at radius 1 is 1.67 bits per heavy atom. The molecule has 3 nitrogen and oxygen atoms in total. The SMILES string of the molecule is CN(CCF)c1ccncc1N. The van der Waals surface area contributed by atoms with Gasteiger partial charge in [-0.15, -0.1) is 0 Å². The summed E-state index contributed by atoms with van der Waals surface area (Å²) in [7, 11) is 1.80. The Morgan fingerprint density at radius 3 is 3.00 bits per heavy atom. The van der Waals surface area contributed by atoms with Gasteiger partial charge in [-0.05, 0) is 6.07 Å². The first-order valence-corrected chi connectivity index (χ1v) is 3.72. The minimum absolute atomic E-state index is 0.355. The average molecular weight is 169 g/mol. The largest absolute Gasteiger partial charge is 0.396 e. The molecule has 0 unspecified atom stereocenters. The zero-order valence-corrected chi connectivity index (χ0v) is 7.00. The van der Waals surface area contributed by atoms with Gasteiger partial charge in [-0.2, -0.15) is 0 Å². The van der Waals surface area contributed by atoms with Crippen molar-refractivity contribution in [2.45, 2.75) is 0 Å². The predicted molar refractivity (Wildman–Crippen MR) is 47.9 cm³/mol. The van der Waals surface area contributed by atoms with Gasteiger partial charge in [-0.1, -0.05) is 0 Å². The second-order valence-electron chi connectivity index (χ2n) is 2.55. The van der Waals surface area contributed by atoms with E-state index in [0.29, 0.717) is 12.2 Å². The molecule has 0 radical (unpaired) electrons. The number of hydrogen-bond acceptors (Lipinski definition) is 3. The van der Waals surface area contributed by atoms with Crippen LogP contribution in [0, 0.1) is 0 Å². The number of anilines is 2. The van der Waals surface area contributed by atoms with Crippen molar-refractivity contribution in [1.29, 1.82) is 0 Å². The molecule has 0 aliphatic rings. The standard InChI is InChI=1S/C8H12FN3/c1-12(5-3-9)8-2-4-11-6-7(8)10/h2,4,6H,3,5,10H2,1H3. The summed E-state index contributed by atoms with van der Waals surface area (Å²) in [5, 5.41) is 0. The van der Waals surface area contributed by atoms with E-state index in [-0.39, 0.29) is 6.67 Å². The molecule has 0 saturated heterocycles. The maximum atomic E-state index is 12.0. The van der Waals surface area contributed by atoms with Crippen LogP contribution in [0.3, 0.4) is 0 Å². The Balaban J connectivity index is 2.79. The Hall–Kier alpha value is -1.32. The van der Waals surface area contributed by atoms with Crippen LogP contribution in [-0.2, 0) is 0 Å². The lowest BCUT2D eigenvalue weighted by atomic mass is 10.3. The van der Waals surface area contributed by atoms with Crippen molar-refractivity contribution in [1.82, 2.24) is 4.98 Å². The second kappa shape index (κ2) is 3.90. The highest BCUT2D eigenvalue weighted by Crippen LogP contribution is 2.18. The van der Waals surface area contributed by atoms with Crippen molar-refractivity contribution < 1.29 is 4.39 Å². The van der Waals surface area contributed by atoms with Crippen molar-refractivity contribution in [3.05, 3.63) is 18.5 Å². The van der Waals surface area contributed by atoms with E-state index in [9.17, 15) is 4.39 Å². The number of pyridine rings is 1. The van der Waals surface area contributed by atoms with Gasteiger partial charge in [0.1, 0.15) is 6.67 Å². The number of alkyl halides is 1. The molecule has 0 amide bonds. The number of nitrogens with two attached hydrogens (primary N) is 1. The molecule has 4 heteroatoms. The molecule has 0 aromatic carbocycles. The van der Waals surface area contributed by atoms with Gasteiger partial charge in [-0.25, -0.2) is 4.39 Å². The number of halogens is 1. The fourth-order valence-electron chi connectivity index (χ4n) is 0.994. The normalized spacial score (nSPS) is 9.83. The third kappa shape index (κ3) is 1.84. The van der Waals surface area contributed by atoms with E-state index in [1.807, 2.05) is 0 Å². The van der Waals surface area contributed by atoms with Crippen LogP contribution >= 0.6 is 0 Å². The van der Waals surface area contributed by atoms with E-state index in [1.54, 1.807) is 30.4 Å². The summed E-state index contributed by atoms with van der Waals surface area (Å²) in [4.78, 5) is 5.60. The van der Waals surface area contributed by atoms with E-state index in [4.69, 9.17) is 5.73 Å². The fourth-order valence-corrected chi connectivity index (χ4v) is 0.994. The summed E-state index contributed by atoms with van der Waals surface area (Å²) in [6.07, 6.45) is 3.20. The summed E-state index contributed by atoms with van der Waals surface area (Å²) in [6.45, 7) is -0.0214. The van der Waals surface area contributed by atoms with Gasteiger partial charge >= 0.3 is 0 Å². The Labute approximate surface area is 71.0 Å². The van der Waals surface area contributed by atoms with Gasteiger partial charge in [0.15, 0.2) is 0 Å². The topological polar surface area (TPSA) is 42.2 Å². The van der Waals surface area contributed by atoms with Crippen LogP contribution in [0.2, 0.25) is 0 Å². The van der Waals surface area contributed by atoms with Crippen LogP contribution in [0.4, 0.5) is 15.8 Å². The molecular weight excluding hydrogens is 157 g/mol. The van der Waals surface area contributed by atoms with E-state index >= 15 is 0 Å². The third-order valence-corrected chi connectivity index (χ3v) is 1.66. The fraction of sp³-hybridized carbons (Fsp3) is 0.375. The molecule has 2 N–H and O–H groups in total. The highest BCUT2D eigenvalue weighted by Gasteiger charge is 2.02. The van der Waals surface area contributed by atoms with Crippen LogP contribution in [0.1, 0.15) is 0 Å². The third-order valence-electron chi connectivity index (χ3n) is 1.66. The van der Waals surface area contributed by atoms with Gasteiger partial charge in [-0.3, -0.25) is 4.98 Å². The molecule has 0 aliphatic heterocycles.